The average molecular weight is 441 g/mol. The highest BCUT2D eigenvalue weighted by Gasteiger charge is 2.16. The summed E-state index contributed by atoms with van der Waals surface area (Å²) in [5, 5.41) is 2.85. The van der Waals surface area contributed by atoms with Crippen LogP contribution in [0.1, 0.15) is 17.7 Å². The van der Waals surface area contributed by atoms with Crippen LogP contribution in [0.4, 0.5) is 5.69 Å². The maximum atomic E-state index is 13.2. The lowest BCUT2D eigenvalue weighted by molar-refractivity contribution is -0.116. The first-order valence-electron chi connectivity index (χ1n) is 10.9. The molecule has 1 aliphatic rings. The van der Waals surface area contributed by atoms with Gasteiger partial charge in [-0.3, -0.25) is 9.59 Å². The molecule has 1 aliphatic heterocycles. The van der Waals surface area contributed by atoms with E-state index in [1.807, 2.05) is 42.5 Å². The van der Waals surface area contributed by atoms with Crippen LogP contribution in [0.3, 0.4) is 0 Å². The molecular formula is C26H23N3O4. The molecule has 7 nitrogen and oxygen atoms in total. The highest BCUT2D eigenvalue weighted by molar-refractivity contribution is 5.91. The predicted octanol–water partition coefficient (Wildman–Crippen LogP) is 3.94. The molecule has 0 saturated heterocycles. The topological polar surface area (TPSA) is 82.5 Å². The third-order valence-electron chi connectivity index (χ3n) is 5.63. The molecule has 166 valence electrons. The first kappa shape index (κ1) is 20.8. The van der Waals surface area contributed by atoms with Crippen LogP contribution in [0.2, 0.25) is 0 Å². The van der Waals surface area contributed by atoms with E-state index in [1.165, 1.54) is 0 Å². The van der Waals surface area contributed by atoms with Gasteiger partial charge in [-0.2, -0.15) is 0 Å². The van der Waals surface area contributed by atoms with E-state index in [1.54, 1.807) is 22.8 Å². The maximum Gasteiger partial charge on any atom is 0.272 e. The smallest absolute Gasteiger partial charge is 0.272 e. The number of hydrogen-bond donors (Lipinski definition) is 1. The van der Waals surface area contributed by atoms with Crippen LogP contribution in [-0.2, 0) is 24.2 Å². The van der Waals surface area contributed by atoms with Gasteiger partial charge in [-0.05, 0) is 36.2 Å². The van der Waals surface area contributed by atoms with Gasteiger partial charge in [-0.25, -0.2) is 4.98 Å². The molecule has 0 atom stereocenters. The van der Waals surface area contributed by atoms with Gasteiger partial charge in [0.05, 0.1) is 11.0 Å². The molecule has 0 bridgehead atoms. The fourth-order valence-electron chi connectivity index (χ4n) is 3.95. The molecule has 4 aromatic rings. The van der Waals surface area contributed by atoms with Gasteiger partial charge in [0, 0.05) is 31.1 Å². The lowest BCUT2D eigenvalue weighted by Gasteiger charge is -2.12. The minimum atomic E-state index is -0.195. The Bertz CT molecular complexity index is 1370. The monoisotopic (exact) mass is 441 g/mol. The van der Waals surface area contributed by atoms with Crippen LogP contribution < -0.4 is 20.3 Å². The second kappa shape index (κ2) is 9.16. The molecule has 5 rings (SSSR count). The van der Waals surface area contributed by atoms with Crippen LogP contribution in [0, 0.1) is 0 Å². The van der Waals surface area contributed by atoms with Crippen LogP contribution in [0.5, 0.6) is 11.5 Å². The summed E-state index contributed by atoms with van der Waals surface area (Å²) in [5.41, 5.74) is 3.57. The van der Waals surface area contributed by atoms with Gasteiger partial charge in [0.15, 0.2) is 11.5 Å². The number of amides is 1. The summed E-state index contributed by atoms with van der Waals surface area (Å²) in [7, 11) is 0. The van der Waals surface area contributed by atoms with E-state index >= 15 is 0 Å². The molecule has 0 spiro atoms. The first-order chi connectivity index (χ1) is 16.2. The summed E-state index contributed by atoms with van der Waals surface area (Å²) in [6.45, 7) is 0.721. The number of hydrogen-bond acceptors (Lipinski definition) is 5. The van der Waals surface area contributed by atoms with Gasteiger partial charge in [-0.15, -0.1) is 0 Å². The van der Waals surface area contributed by atoms with Crippen molar-refractivity contribution < 1.29 is 14.3 Å². The van der Waals surface area contributed by atoms with Crippen molar-refractivity contribution in [3.8, 4) is 11.5 Å². The van der Waals surface area contributed by atoms with Gasteiger partial charge in [0.2, 0.25) is 12.7 Å². The summed E-state index contributed by atoms with van der Waals surface area (Å²) in [5.74, 6) is 1.06. The molecule has 7 heteroatoms. The Morgan fingerprint density at radius 2 is 1.73 bits per heavy atom. The molecule has 0 fully saturated rings. The molecule has 1 aromatic heterocycles. The number of nitrogens with one attached hydrogen (secondary N) is 1. The number of aromatic nitrogens is 2. The lowest BCUT2D eigenvalue weighted by Crippen LogP contribution is -2.27. The van der Waals surface area contributed by atoms with Crippen LogP contribution in [0.15, 0.2) is 77.6 Å². The van der Waals surface area contributed by atoms with Crippen molar-refractivity contribution in [1.29, 1.82) is 0 Å². The quantitative estimate of drug-likeness (QED) is 0.470. The van der Waals surface area contributed by atoms with Gasteiger partial charge >= 0.3 is 0 Å². The highest BCUT2D eigenvalue weighted by Crippen LogP contribution is 2.34. The van der Waals surface area contributed by atoms with E-state index in [4.69, 9.17) is 9.47 Å². The largest absolute Gasteiger partial charge is 0.454 e. The van der Waals surface area contributed by atoms with Crippen molar-refractivity contribution in [3.63, 3.8) is 0 Å². The Morgan fingerprint density at radius 1 is 0.939 bits per heavy atom. The number of aryl methyl sites for hydroxylation is 3. The average Bonchev–Trinajstić information content (AvgIpc) is 3.31. The Balaban J connectivity index is 1.33. The maximum absolute atomic E-state index is 13.2. The number of carbonyl (C=O) groups excluding carboxylic acids is 1. The second-order valence-electron chi connectivity index (χ2n) is 7.86. The van der Waals surface area contributed by atoms with Gasteiger partial charge < -0.3 is 19.4 Å². The van der Waals surface area contributed by atoms with Gasteiger partial charge in [-0.1, -0.05) is 42.5 Å². The van der Waals surface area contributed by atoms with E-state index in [0.29, 0.717) is 29.4 Å². The summed E-state index contributed by atoms with van der Waals surface area (Å²) >= 11 is 0. The van der Waals surface area contributed by atoms with Gasteiger partial charge in [0.1, 0.15) is 5.69 Å². The minimum Gasteiger partial charge on any atom is -0.454 e. The van der Waals surface area contributed by atoms with E-state index in [-0.39, 0.29) is 31.1 Å². The van der Waals surface area contributed by atoms with Crippen LogP contribution in [0.25, 0.3) is 11.0 Å². The fraction of sp³-hybridized carbons (Fsp3) is 0.192. The number of fused-ring (bicyclic) bond motifs is 2. The predicted molar refractivity (Wildman–Crippen MR) is 126 cm³/mol. The van der Waals surface area contributed by atoms with Crippen molar-refractivity contribution in [1.82, 2.24) is 9.55 Å². The Kier molecular flexibility index (Phi) is 5.76. The van der Waals surface area contributed by atoms with Crippen molar-refractivity contribution in [2.75, 3.05) is 12.1 Å². The number of ether oxygens (including phenoxy) is 2. The number of para-hydroxylation sites is 2. The summed E-state index contributed by atoms with van der Waals surface area (Å²) in [6, 6.07) is 22.9. The molecule has 0 saturated carbocycles. The number of nitrogens with zero attached hydrogens (tertiary/aromatic N) is 2. The van der Waals surface area contributed by atoms with E-state index in [9.17, 15) is 9.59 Å². The fourth-order valence-corrected chi connectivity index (χ4v) is 3.95. The Hall–Kier alpha value is -4.13. The normalized spacial score (nSPS) is 12.1. The van der Waals surface area contributed by atoms with Crippen LogP contribution in [-0.4, -0.2) is 22.3 Å². The molecule has 0 radical (unpaired) electrons. The number of rotatable bonds is 7. The van der Waals surface area contributed by atoms with E-state index < -0.39 is 0 Å². The third kappa shape index (κ3) is 4.57. The molecule has 0 unspecified atom stereocenters. The van der Waals surface area contributed by atoms with E-state index in [2.05, 4.69) is 22.4 Å². The summed E-state index contributed by atoms with van der Waals surface area (Å²) in [6.07, 6.45) is 1.14. The highest BCUT2D eigenvalue weighted by atomic mass is 16.7. The Labute approximate surface area is 190 Å². The van der Waals surface area contributed by atoms with E-state index in [0.717, 1.165) is 23.0 Å². The van der Waals surface area contributed by atoms with Crippen molar-refractivity contribution in [3.05, 3.63) is 94.4 Å². The molecule has 33 heavy (non-hydrogen) atoms. The number of carbonyl (C=O) groups is 1. The first-order valence-corrected chi connectivity index (χ1v) is 10.9. The summed E-state index contributed by atoms with van der Waals surface area (Å²) in [4.78, 5) is 30.3. The number of anilines is 1. The number of benzene rings is 3. The molecule has 2 heterocycles. The van der Waals surface area contributed by atoms with Crippen molar-refractivity contribution >= 4 is 22.6 Å². The molecular weight excluding hydrogens is 418 g/mol. The van der Waals surface area contributed by atoms with Crippen molar-refractivity contribution in [2.24, 2.45) is 0 Å². The SMILES string of the molecule is O=C(CCc1nc2ccccc2n(CCc2ccccc2)c1=O)Nc1ccc2c(c1)OCO2. The Morgan fingerprint density at radius 3 is 2.61 bits per heavy atom. The standard InChI is InChI=1S/C26H23N3O4/c30-25(27-19-10-12-23-24(16-19)33-17-32-23)13-11-21-26(31)29(15-14-18-6-2-1-3-7-18)22-9-5-4-8-20(22)28-21/h1-10,12,16H,11,13-15,17H2,(H,27,30). The lowest BCUT2D eigenvalue weighted by atomic mass is 10.1. The van der Waals surface area contributed by atoms with Gasteiger partial charge in [0.25, 0.3) is 5.56 Å². The zero-order chi connectivity index (χ0) is 22.6. The summed E-state index contributed by atoms with van der Waals surface area (Å²) < 4.78 is 12.4. The molecule has 0 aliphatic carbocycles. The second-order valence-corrected chi connectivity index (χ2v) is 7.86. The molecule has 1 N–H and O–H groups in total. The zero-order valence-corrected chi connectivity index (χ0v) is 18.0. The molecule has 1 amide bonds. The van der Waals surface area contributed by atoms with Crippen molar-refractivity contribution in [2.45, 2.75) is 25.8 Å². The minimum absolute atomic E-state index is 0.147. The zero-order valence-electron chi connectivity index (χ0n) is 18.0. The van der Waals surface area contributed by atoms with Crippen LogP contribution >= 0.6 is 0 Å². The molecule has 3 aromatic carbocycles. The third-order valence-corrected chi connectivity index (χ3v) is 5.63.